The van der Waals surface area contributed by atoms with Crippen LogP contribution < -0.4 is 10.9 Å². The second-order valence-corrected chi connectivity index (χ2v) is 7.03. The van der Waals surface area contributed by atoms with Crippen molar-refractivity contribution in [1.82, 2.24) is 9.88 Å². The summed E-state index contributed by atoms with van der Waals surface area (Å²) < 4.78 is 38.6. The van der Waals surface area contributed by atoms with Gasteiger partial charge in [0.2, 0.25) is 5.91 Å². The number of nitrogens with one attached hydrogen (secondary N) is 2. The van der Waals surface area contributed by atoms with Crippen LogP contribution in [-0.4, -0.2) is 39.2 Å². The zero-order valence-corrected chi connectivity index (χ0v) is 16.2. The standard InChI is InChI=1S/C19H17F3N4O5/c1-10-7-11(4-5-14(10)26(30)31)18(29)25-6-2-3-15(25)17(28)24-13-8-12(19(20,21)22)9-23-16(13)27/h4-5,7-9,15H,2-3,6H2,1H3,(H,23,27)(H,24,28). The minimum atomic E-state index is -4.72. The zero-order valence-electron chi connectivity index (χ0n) is 16.2. The molecule has 1 unspecified atom stereocenters. The number of hydrogen-bond donors (Lipinski definition) is 2. The second-order valence-electron chi connectivity index (χ2n) is 7.03. The average molecular weight is 438 g/mol. The lowest BCUT2D eigenvalue weighted by Gasteiger charge is -2.24. The van der Waals surface area contributed by atoms with Crippen LogP contribution in [0.4, 0.5) is 24.5 Å². The van der Waals surface area contributed by atoms with Gasteiger partial charge in [-0.2, -0.15) is 13.2 Å². The summed E-state index contributed by atoms with van der Waals surface area (Å²) >= 11 is 0. The van der Waals surface area contributed by atoms with E-state index in [9.17, 15) is 37.7 Å². The molecule has 9 nitrogen and oxygen atoms in total. The third-order valence-corrected chi connectivity index (χ3v) is 4.95. The first-order valence-electron chi connectivity index (χ1n) is 9.16. The topological polar surface area (TPSA) is 125 Å². The lowest BCUT2D eigenvalue weighted by Crippen LogP contribution is -2.43. The number of pyridine rings is 1. The number of rotatable bonds is 4. The van der Waals surface area contributed by atoms with E-state index in [1.807, 2.05) is 4.98 Å². The Kier molecular flexibility index (Phi) is 5.82. The summed E-state index contributed by atoms with van der Waals surface area (Å²) in [6, 6.07) is 3.33. The van der Waals surface area contributed by atoms with Gasteiger partial charge in [-0.05, 0) is 38.0 Å². The summed E-state index contributed by atoms with van der Waals surface area (Å²) in [6.45, 7) is 1.69. The number of aromatic amines is 1. The average Bonchev–Trinajstić information content (AvgIpc) is 3.17. The fourth-order valence-electron chi connectivity index (χ4n) is 3.40. The highest BCUT2D eigenvalue weighted by atomic mass is 19.4. The van der Waals surface area contributed by atoms with Crippen molar-refractivity contribution in [2.75, 3.05) is 11.9 Å². The van der Waals surface area contributed by atoms with Gasteiger partial charge in [-0.1, -0.05) is 0 Å². The number of aromatic nitrogens is 1. The number of nitro benzene ring substituents is 1. The fraction of sp³-hybridized carbons (Fsp3) is 0.316. The first-order valence-corrected chi connectivity index (χ1v) is 9.16. The Labute approximate surface area is 173 Å². The van der Waals surface area contributed by atoms with Gasteiger partial charge in [0.05, 0.1) is 10.5 Å². The quantitative estimate of drug-likeness (QED) is 0.561. The third kappa shape index (κ3) is 4.57. The van der Waals surface area contributed by atoms with Gasteiger partial charge in [-0.3, -0.25) is 24.5 Å². The van der Waals surface area contributed by atoms with Crippen molar-refractivity contribution in [1.29, 1.82) is 0 Å². The SMILES string of the molecule is Cc1cc(C(=O)N2CCCC2C(=O)Nc2cc(C(F)(F)F)c[nH]c2=O)ccc1[N+](=O)[O-]. The zero-order chi connectivity index (χ0) is 22.9. The number of anilines is 1. The second kappa shape index (κ2) is 8.20. The van der Waals surface area contributed by atoms with Crippen LogP contribution in [-0.2, 0) is 11.0 Å². The Bertz CT molecular complexity index is 1110. The highest BCUT2D eigenvalue weighted by Crippen LogP contribution is 2.29. The lowest BCUT2D eigenvalue weighted by atomic mass is 10.1. The van der Waals surface area contributed by atoms with E-state index < -0.39 is 45.8 Å². The van der Waals surface area contributed by atoms with Gasteiger partial charge >= 0.3 is 6.18 Å². The number of nitrogens with zero attached hydrogens (tertiary/aromatic N) is 2. The van der Waals surface area contributed by atoms with Crippen LogP contribution in [0.1, 0.15) is 34.3 Å². The maximum atomic E-state index is 12.9. The van der Waals surface area contributed by atoms with Crippen molar-refractivity contribution < 1.29 is 27.7 Å². The van der Waals surface area contributed by atoms with E-state index in [0.29, 0.717) is 18.7 Å². The molecule has 164 valence electrons. The Morgan fingerprint density at radius 1 is 1.29 bits per heavy atom. The van der Waals surface area contributed by atoms with Crippen LogP contribution in [0.3, 0.4) is 0 Å². The summed E-state index contributed by atoms with van der Waals surface area (Å²) in [5, 5.41) is 13.1. The molecule has 1 aliphatic rings. The number of hydrogen-bond acceptors (Lipinski definition) is 5. The molecule has 2 N–H and O–H groups in total. The molecule has 2 heterocycles. The molecule has 0 saturated carbocycles. The molecule has 1 fully saturated rings. The summed E-state index contributed by atoms with van der Waals surface area (Å²) in [5.41, 5.74) is -2.38. The minimum absolute atomic E-state index is 0.139. The summed E-state index contributed by atoms with van der Waals surface area (Å²) in [6.07, 6.45) is -3.50. The molecule has 31 heavy (non-hydrogen) atoms. The molecule has 2 aromatic rings. The van der Waals surface area contributed by atoms with Gasteiger partial charge in [0.15, 0.2) is 0 Å². The molecular weight excluding hydrogens is 421 g/mol. The molecular formula is C19H17F3N4O5. The third-order valence-electron chi connectivity index (χ3n) is 4.95. The van der Waals surface area contributed by atoms with Crippen molar-refractivity contribution in [3.8, 4) is 0 Å². The van der Waals surface area contributed by atoms with Crippen LogP contribution in [0.25, 0.3) is 0 Å². The van der Waals surface area contributed by atoms with Crippen LogP contribution in [0.2, 0.25) is 0 Å². The molecule has 1 aromatic carbocycles. The summed E-state index contributed by atoms with van der Waals surface area (Å²) in [5.74, 6) is -1.34. The lowest BCUT2D eigenvalue weighted by molar-refractivity contribution is -0.385. The number of carbonyl (C=O) groups is 2. The van der Waals surface area contributed by atoms with Gasteiger partial charge in [-0.15, -0.1) is 0 Å². The number of amides is 2. The van der Waals surface area contributed by atoms with Crippen molar-refractivity contribution in [2.24, 2.45) is 0 Å². The number of halogens is 3. The molecule has 12 heteroatoms. The molecule has 0 spiro atoms. The molecule has 0 aliphatic carbocycles. The van der Waals surface area contributed by atoms with E-state index in [4.69, 9.17) is 0 Å². The number of H-pyrrole nitrogens is 1. The molecule has 1 atom stereocenters. The Morgan fingerprint density at radius 2 is 2.00 bits per heavy atom. The monoisotopic (exact) mass is 438 g/mol. The Balaban J connectivity index is 1.81. The normalized spacial score (nSPS) is 16.3. The van der Waals surface area contributed by atoms with Gasteiger partial charge in [-0.25, -0.2) is 0 Å². The molecule has 0 bridgehead atoms. The number of aryl methyl sites for hydroxylation is 1. The molecule has 0 radical (unpaired) electrons. The van der Waals surface area contributed by atoms with E-state index in [1.54, 1.807) is 0 Å². The predicted molar refractivity (Wildman–Crippen MR) is 103 cm³/mol. The highest BCUT2D eigenvalue weighted by molar-refractivity contribution is 6.01. The van der Waals surface area contributed by atoms with Crippen LogP contribution in [0.5, 0.6) is 0 Å². The summed E-state index contributed by atoms with van der Waals surface area (Å²) in [7, 11) is 0. The Morgan fingerprint density at radius 3 is 2.61 bits per heavy atom. The van der Waals surface area contributed by atoms with Crippen molar-refractivity contribution in [3.63, 3.8) is 0 Å². The maximum absolute atomic E-state index is 12.9. The largest absolute Gasteiger partial charge is 0.417 e. The van der Waals surface area contributed by atoms with Crippen LogP contribution in [0, 0.1) is 17.0 Å². The highest BCUT2D eigenvalue weighted by Gasteiger charge is 2.36. The Hall–Kier alpha value is -3.70. The first kappa shape index (κ1) is 22.0. The molecule has 1 aliphatic heterocycles. The van der Waals surface area contributed by atoms with E-state index in [0.717, 1.165) is 0 Å². The van der Waals surface area contributed by atoms with Gasteiger partial charge in [0.1, 0.15) is 11.7 Å². The van der Waals surface area contributed by atoms with E-state index in [2.05, 4.69) is 5.32 Å². The fourth-order valence-corrected chi connectivity index (χ4v) is 3.40. The molecule has 1 saturated heterocycles. The van der Waals surface area contributed by atoms with Gasteiger partial charge in [0, 0.05) is 29.9 Å². The summed E-state index contributed by atoms with van der Waals surface area (Å²) in [4.78, 5) is 50.9. The van der Waals surface area contributed by atoms with E-state index in [-0.39, 0.29) is 29.8 Å². The number of alkyl halides is 3. The van der Waals surface area contributed by atoms with Crippen molar-refractivity contribution in [3.05, 3.63) is 67.6 Å². The van der Waals surface area contributed by atoms with E-state index >= 15 is 0 Å². The smallest absolute Gasteiger partial charge is 0.327 e. The number of nitro groups is 1. The van der Waals surface area contributed by atoms with Gasteiger partial charge < -0.3 is 15.2 Å². The van der Waals surface area contributed by atoms with Crippen molar-refractivity contribution >= 4 is 23.2 Å². The minimum Gasteiger partial charge on any atom is -0.327 e. The first-order chi connectivity index (χ1) is 14.5. The van der Waals surface area contributed by atoms with Crippen LogP contribution >= 0.6 is 0 Å². The number of benzene rings is 1. The number of carbonyl (C=O) groups excluding carboxylic acids is 2. The predicted octanol–water partition coefficient (Wildman–Crippen LogP) is 2.85. The molecule has 3 rings (SSSR count). The van der Waals surface area contributed by atoms with Crippen LogP contribution in [0.15, 0.2) is 35.3 Å². The van der Waals surface area contributed by atoms with E-state index in [1.165, 1.54) is 30.0 Å². The maximum Gasteiger partial charge on any atom is 0.417 e. The molecule has 2 amide bonds. The number of likely N-dealkylation sites (tertiary alicyclic amines) is 1. The van der Waals surface area contributed by atoms with Gasteiger partial charge in [0.25, 0.3) is 17.2 Å². The van der Waals surface area contributed by atoms with Crippen molar-refractivity contribution in [2.45, 2.75) is 32.0 Å². The molecule has 1 aromatic heterocycles.